The number of hydrogen-bond donors (Lipinski definition) is 1. The first-order valence-electron chi connectivity index (χ1n) is 9.84. The first-order chi connectivity index (χ1) is 13.2. The highest BCUT2D eigenvalue weighted by Gasteiger charge is 2.37. The van der Waals surface area contributed by atoms with Crippen LogP contribution in [0.25, 0.3) is 0 Å². The average molecular weight is 367 g/mol. The predicted octanol–water partition coefficient (Wildman–Crippen LogP) is 3.84. The van der Waals surface area contributed by atoms with Gasteiger partial charge in [-0.05, 0) is 49.5 Å². The Morgan fingerprint density at radius 2 is 1.81 bits per heavy atom. The van der Waals surface area contributed by atoms with Gasteiger partial charge in [-0.25, -0.2) is 0 Å². The van der Waals surface area contributed by atoms with E-state index in [1.165, 1.54) is 5.56 Å². The molecule has 0 bridgehead atoms. The maximum Gasteiger partial charge on any atom is 0.253 e. The van der Waals surface area contributed by atoms with E-state index in [0.29, 0.717) is 5.92 Å². The van der Waals surface area contributed by atoms with Crippen molar-refractivity contribution >= 4 is 11.6 Å². The van der Waals surface area contributed by atoms with Gasteiger partial charge >= 0.3 is 0 Å². The summed E-state index contributed by atoms with van der Waals surface area (Å²) in [5.41, 5.74) is 2.21. The van der Waals surface area contributed by atoms with Crippen LogP contribution in [0, 0.1) is 5.92 Å². The van der Waals surface area contributed by atoms with Crippen molar-refractivity contribution in [2.45, 2.75) is 31.7 Å². The van der Waals surface area contributed by atoms with Crippen LogP contribution in [-0.4, -0.2) is 38.8 Å². The number of anilines is 1. The number of nitrogens with zero attached hydrogens (tertiary/aromatic N) is 1. The van der Waals surface area contributed by atoms with Crippen molar-refractivity contribution in [3.63, 3.8) is 0 Å². The highest BCUT2D eigenvalue weighted by molar-refractivity contribution is 5.95. The van der Waals surface area contributed by atoms with Crippen LogP contribution in [0.15, 0.2) is 60.7 Å². The van der Waals surface area contributed by atoms with E-state index in [4.69, 9.17) is 4.74 Å². The number of carbonyl (C=O) groups excluding carboxylic acids is 1. The zero-order chi connectivity index (χ0) is 19.1. The number of carbonyl (C=O) groups is 1. The molecule has 1 saturated heterocycles. The van der Waals surface area contributed by atoms with Gasteiger partial charge in [0.05, 0.1) is 0 Å². The van der Waals surface area contributed by atoms with Crippen LogP contribution in [0.5, 0.6) is 0 Å². The van der Waals surface area contributed by atoms with Gasteiger partial charge in [0, 0.05) is 24.8 Å². The summed E-state index contributed by atoms with van der Waals surface area (Å²) in [6, 6.07) is 20.6. The van der Waals surface area contributed by atoms with Crippen LogP contribution in [0.4, 0.5) is 5.69 Å². The average Bonchev–Trinajstić information content (AvgIpc) is 2.73. The molecule has 0 aromatic heterocycles. The van der Waals surface area contributed by atoms with E-state index in [9.17, 15) is 4.79 Å². The zero-order valence-electron chi connectivity index (χ0n) is 16.3. The van der Waals surface area contributed by atoms with E-state index in [2.05, 4.69) is 36.5 Å². The van der Waals surface area contributed by atoms with E-state index in [1.54, 1.807) is 7.11 Å². The number of amides is 1. The normalized spacial score (nSPS) is 19.3. The molecule has 1 aliphatic rings. The molecule has 4 heteroatoms. The number of ether oxygens (including phenoxy) is 1. The lowest BCUT2D eigenvalue weighted by Crippen LogP contribution is -2.52. The van der Waals surface area contributed by atoms with E-state index < -0.39 is 0 Å². The SMILES string of the molecule is COCC(=O)N(c1ccccc1)C(C1CCCNC1)C(C)c1ccccc1. The fourth-order valence-corrected chi connectivity index (χ4v) is 4.23. The molecular weight excluding hydrogens is 336 g/mol. The van der Waals surface area contributed by atoms with Gasteiger partial charge in [-0.1, -0.05) is 55.5 Å². The van der Waals surface area contributed by atoms with Gasteiger partial charge in [0.25, 0.3) is 5.91 Å². The third-order valence-electron chi connectivity index (χ3n) is 5.52. The Kier molecular flexibility index (Phi) is 7.02. The second-order valence-electron chi connectivity index (χ2n) is 7.33. The molecule has 2 aromatic carbocycles. The van der Waals surface area contributed by atoms with Gasteiger partial charge in [0.1, 0.15) is 6.61 Å². The highest BCUT2D eigenvalue weighted by Crippen LogP contribution is 2.34. The third-order valence-corrected chi connectivity index (χ3v) is 5.52. The molecule has 1 aliphatic heterocycles. The Morgan fingerprint density at radius 1 is 1.15 bits per heavy atom. The molecule has 0 spiro atoms. The number of hydrogen-bond acceptors (Lipinski definition) is 3. The lowest BCUT2D eigenvalue weighted by atomic mass is 9.80. The Bertz CT molecular complexity index is 699. The number of piperidine rings is 1. The van der Waals surface area contributed by atoms with Crippen LogP contribution >= 0.6 is 0 Å². The Labute approximate surface area is 162 Å². The third kappa shape index (κ3) is 4.76. The summed E-state index contributed by atoms with van der Waals surface area (Å²) in [5.74, 6) is 0.633. The van der Waals surface area contributed by atoms with Gasteiger partial charge in [0.15, 0.2) is 0 Å². The Hall–Kier alpha value is -2.17. The smallest absolute Gasteiger partial charge is 0.253 e. The van der Waals surface area contributed by atoms with Crippen LogP contribution in [-0.2, 0) is 9.53 Å². The quantitative estimate of drug-likeness (QED) is 0.809. The lowest BCUT2D eigenvalue weighted by Gasteiger charge is -2.42. The van der Waals surface area contributed by atoms with Crippen LogP contribution in [0.2, 0.25) is 0 Å². The summed E-state index contributed by atoms with van der Waals surface area (Å²) < 4.78 is 5.22. The van der Waals surface area contributed by atoms with Gasteiger partial charge in [-0.3, -0.25) is 4.79 Å². The number of nitrogens with one attached hydrogen (secondary N) is 1. The molecule has 3 unspecified atom stereocenters. The summed E-state index contributed by atoms with van der Waals surface area (Å²) >= 11 is 0. The fourth-order valence-electron chi connectivity index (χ4n) is 4.23. The van der Waals surface area contributed by atoms with Gasteiger partial charge in [-0.15, -0.1) is 0 Å². The molecule has 1 heterocycles. The summed E-state index contributed by atoms with van der Waals surface area (Å²) in [7, 11) is 1.58. The molecule has 1 amide bonds. The number of methoxy groups -OCH3 is 1. The maximum atomic E-state index is 13.1. The predicted molar refractivity (Wildman–Crippen MR) is 110 cm³/mol. The van der Waals surface area contributed by atoms with E-state index in [0.717, 1.165) is 31.6 Å². The molecular formula is C23H30N2O2. The summed E-state index contributed by atoms with van der Waals surface area (Å²) in [6.07, 6.45) is 2.27. The van der Waals surface area contributed by atoms with Gasteiger partial charge < -0.3 is 15.0 Å². The minimum Gasteiger partial charge on any atom is -0.375 e. The summed E-state index contributed by atoms with van der Waals surface area (Å²) in [4.78, 5) is 15.1. The minimum absolute atomic E-state index is 0.0158. The fraction of sp³-hybridized carbons (Fsp3) is 0.435. The van der Waals surface area contributed by atoms with Crippen molar-refractivity contribution in [2.75, 3.05) is 31.7 Å². The molecule has 0 aliphatic carbocycles. The number of para-hydroxylation sites is 1. The highest BCUT2D eigenvalue weighted by atomic mass is 16.5. The minimum atomic E-state index is 0.0158. The van der Waals surface area contributed by atoms with Crippen molar-refractivity contribution in [3.8, 4) is 0 Å². The molecule has 1 N–H and O–H groups in total. The Balaban J connectivity index is 2.02. The molecule has 0 radical (unpaired) electrons. The van der Waals surface area contributed by atoms with Crippen molar-refractivity contribution in [1.29, 1.82) is 0 Å². The van der Waals surface area contributed by atoms with Crippen molar-refractivity contribution in [1.82, 2.24) is 5.32 Å². The first-order valence-corrected chi connectivity index (χ1v) is 9.84. The molecule has 27 heavy (non-hydrogen) atoms. The molecule has 4 nitrogen and oxygen atoms in total. The van der Waals surface area contributed by atoms with Gasteiger partial charge in [-0.2, -0.15) is 0 Å². The van der Waals surface area contributed by atoms with Crippen LogP contribution in [0.3, 0.4) is 0 Å². The standard InChI is InChI=1S/C23H30N2O2/c1-18(19-10-5-3-6-11-19)23(20-12-9-15-24-16-20)25(22(26)17-27-2)21-13-7-4-8-14-21/h3-8,10-11,13-14,18,20,23-24H,9,12,15-17H2,1-2H3. The molecule has 3 atom stereocenters. The molecule has 2 aromatic rings. The van der Waals surface area contributed by atoms with E-state index in [1.807, 2.05) is 41.3 Å². The largest absolute Gasteiger partial charge is 0.375 e. The number of benzene rings is 2. The van der Waals surface area contributed by atoms with E-state index in [-0.39, 0.29) is 24.5 Å². The van der Waals surface area contributed by atoms with E-state index >= 15 is 0 Å². The topological polar surface area (TPSA) is 41.6 Å². The second-order valence-corrected chi connectivity index (χ2v) is 7.33. The molecule has 144 valence electrons. The first kappa shape index (κ1) is 19.6. The molecule has 1 fully saturated rings. The molecule has 0 saturated carbocycles. The van der Waals surface area contributed by atoms with Crippen LogP contribution < -0.4 is 10.2 Å². The summed E-state index contributed by atoms with van der Waals surface area (Å²) in [6.45, 7) is 4.32. The maximum absolute atomic E-state index is 13.1. The second kappa shape index (κ2) is 9.67. The van der Waals surface area contributed by atoms with Gasteiger partial charge in [0.2, 0.25) is 0 Å². The van der Waals surface area contributed by atoms with Crippen molar-refractivity contribution < 1.29 is 9.53 Å². The van der Waals surface area contributed by atoms with Crippen molar-refractivity contribution in [3.05, 3.63) is 66.2 Å². The monoisotopic (exact) mass is 366 g/mol. The molecule has 3 rings (SSSR count). The van der Waals surface area contributed by atoms with Crippen molar-refractivity contribution in [2.24, 2.45) is 5.92 Å². The summed E-state index contributed by atoms with van der Waals surface area (Å²) in [5, 5.41) is 3.53. The Morgan fingerprint density at radius 3 is 2.41 bits per heavy atom. The zero-order valence-corrected chi connectivity index (χ0v) is 16.3. The lowest BCUT2D eigenvalue weighted by molar-refractivity contribution is -0.123. The number of rotatable bonds is 7. The van der Waals surface area contributed by atoms with Crippen LogP contribution in [0.1, 0.15) is 31.2 Å².